The molecule has 1 rings (SSSR count). The van der Waals surface area contributed by atoms with E-state index in [2.05, 4.69) is 9.72 Å². The van der Waals surface area contributed by atoms with Gasteiger partial charge in [-0.05, 0) is 6.08 Å². The zero-order chi connectivity index (χ0) is 12.2. The molecule has 0 saturated heterocycles. The summed E-state index contributed by atoms with van der Waals surface area (Å²) in [6.07, 6.45) is -1.65. The highest BCUT2D eigenvalue weighted by Crippen LogP contribution is 2.30. The predicted octanol–water partition coefficient (Wildman–Crippen LogP) is 2.74. The van der Waals surface area contributed by atoms with Crippen LogP contribution in [0.3, 0.4) is 0 Å². The summed E-state index contributed by atoms with van der Waals surface area (Å²) in [4.78, 5) is 14.1. The lowest BCUT2D eigenvalue weighted by atomic mass is 10.4. The van der Waals surface area contributed by atoms with Gasteiger partial charge in [0.05, 0.1) is 13.5 Å². The number of carbonyl (C=O) groups is 1. The Morgan fingerprint density at radius 1 is 1.62 bits per heavy atom. The Kier molecular flexibility index (Phi) is 4.05. The molecule has 16 heavy (non-hydrogen) atoms. The van der Waals surface area contributed by atoms with Crippen molar-refractivity contribution >= 4 is 23.4 Å². The molecule has 0 aliphatic carbocycles. The number of ether oxygens (including phenoxy) is 1. The minimum absolute atomic E-state index is 0.0113. The van der Waals surface area contributed by atoms with Gasteiger partial charge in [-0.1, -0.05) is 6.08 Å². The van der Waals surface area contributed by atoms with Gasteiger partial charge in [-0.3, -0.25) is 4.79 Å². The van der Waals surface area contributed by atoms with E-state index in [1.54, 1.807) is 0 Å². The van der Waals surface area contributed by atoms with Crippen molar-refractivity contribution in [1.29, 1.82) is 0 Å². The Morgan fingerprint density at radius 2 is 2.31 bits per heavy atom. The lowest BCUT2D eigenvalue weighted by molar-refractivity contribution is -0.141. The van der Waals surface area contributed by atoms with E-state index in [0.717, 1.165) is 16.7 Å². The van der Waals surface area contributed by atoms with Gasteiger partial charge in [0, 0.05) is 5.38 Å². The topological polar surface area (TPSA) is 39.2 Å². The van der Waals surface area contributed by atoms with Gasteiger partial charge in [-0.2, -0.15) is 13.2 Å². The van der Waals surface area contributed by atoms with Crippen molar-refractivity contribution in [3.8, 4) is 0 Å². The fourth-order valence-electron chi connectivity index (χ4n) is 0.834. The Labute approximate surface area is 93.6 Å². The number of hydrogen-bond acceptors (Lipinski definition) is 4. The summed E-state index contributed by atoms with van der Waals surface area (Å²) in [5.74, 6) is -0.455. The van der Waals surface area contributed by atoms with Gasteiger partial charge in [0.2, 0.25) is 0 Å². The number of carbonyl (C=O) groups excluding carboxylic acids is 1. The summed E-state index contributed by atoms with van der Waals surface area (Å²) in [7, 11) is 1.24. The Bertz CT molecular complexity index is 398. The first-order valence-electron chi connectivity index (χ1n) is 4.19. The Hall–Kier alpha value is -1.37. The van der Waals surface area contributed by atoms with Crippen LogP contribution < -0.4 is 0 Å². The molecule has 0 fully saturated rings. The maximum absolute atomic E-state index is 12.2. The van der Waals surface area contributed by atoms with Gasteiger partial charge in [-0.25, -0.2) is 4.98 Å². The highest BCUT2D eigenvalue weighted by atomic mass is 32.1. The van der Waals surface area contributed by atoms with Gasteiger partial charge in [0.15, 0.2) is 5.69 Å². The maximum Gasteiger partial charge on any atom is 0.434 e. The smallest absolute Gasteiger partial charge is 0.434 e. The number of thiazole rings is 1. The summed E-state index contributed by atoms with van der Waals surface area (Å²) in [5.41, 5.74) is -0.921. The molecule has 0 unspecified atom stereocenters. The van der Waals surface area contributed by atoms with Crippen LogP contribution in [0.4, 0.5) is 13.2 Å². The molecule has 1 heterocycles. The van der Waals surface area contributed by atoms with Crippen molar-refractivity contribution < 1.29 is 22.7 Å². The van der Waals surface area contributed by atoms with Crippen molar-refractivity contribution in [1.82, 2.24) is 4.98 Å². The zero-order valence-corrected chi connectivity index (χ0v) is 9.06. The Morgan fingerprint density at radius 3 is 2.81 bits per heavy atom. The van der Waals surface area contributed by atoms with E-state index >= 15 is 0 Å². The van der Waals surface area contributed by atoms with E-state index in [1.807, 2.05) is 0 Å². The van der Waals surface area contributed by atoms with Gasteiger partial charge >= 0.3 is 12.1 Å². The van der Waals surface area contributed by atoms with Crippen LogP contribution in [-0.2, 0) is 15.7 Å². The van der Waals surface area contributed by atoms with Gasteiger partial charge in [0.1, 0.15) is 5.01 Å². The number of aromatic nitrogens is 1. The average Bonchev–Trinajstić information content (AvgIpc) is 2.65. The number of rotatable bonds is 3. The molecule has 0 aliphatic rings. The zero-order valence-electron chi connectivity index (χ0n) is 8.25. The van der Waals surface area contributed by atoms with E-state index in [1.165, 1.54) is 19.3 Å². The number of halogens is 3. The van der Waals surface area contributed by atoms with E-state index in [4.69, 9.17) is 0 Å². The highest BCUT2D eigenvalue weighted by Gasteiger charge is 2.33. The van der Waals surface area contributed by atoms with Crippen LogP contribution in [0.5, 0.6) is 0 Å². The normalized spacial score (nSPS) is 12.0. The lowest BCUT2D eigenvalue weighted by Gasteiger charge is -1.99. The van der Waals surface area contributed by atoms with E-state index in [0.29, 0.717) is 0 Å². The summed E-state index contributed by atoms with van der Waals surface area (Å²) in [5, 5.41) is 1.13. The number of hydrogen-bond donors (Lipinski definition) is 0. The van der Waals surface area contributed by atoms with E-state index < -0.39 is 17.8 Å². The minimum atomic E-state index is -4.43. The number of methoxy groups -OCH3 is 1. The second-order valence-electron chi connectivity index (χ2n) is 2.75. The van der Waals surface area contributed by atoms with Crippen molar-refractivity contribution in [3.63, 3.8) is 0 Å². The van der Waals surface area contributed by atoms with Crippen molar-refractivity contribution in [3.05, 3.63) is 22.2 Å². The standard InChI is InChI=1S/C9H8F3NO2S/c1-15-8(14)4-2-3-7-13-6(5-16-7)9(10,11)12/h2-3,5H,4H2,1H3. The molecule has 7 heteroatoms. The van der Waals surface area contributed by atoms with Crippen LogP contribution in [0.2, 0.25) is 0 Å². The molecule has 0 amide bonds. The highest BCUT2D eigenvalue weighted by molar-refractivity contribution is 7.10. The maximum atomic E-state index is 12.2. The third-order valence-electron chi connectivity index (χ3n) is 1.58. The van der Waals surface area contributed by atoms with Gasteiger partial charge in [-0.15, -0.1) is 11.3 Å². The minimum Gasteiger partial charge on any atom is -0.469 e. The lowest BCUT2D eigenvalue weighted by Crippen LogP contribution is -2.04. The summed E-state index contributed by atoms with van der Waals surface area (Å²) in [6, 6.07) is 0. The molecule has 0 N–H and O–H groups in total. The largest absolute Gasteiger partial charge is 0.469 e. The molecule has 0 radical (unpaired) electrons. The third-order valence-corrected chi connectivity index (χ3v) is 2.39. The first-order valence-corrected chi connectivity index (χ1v) is 5.07. The van der Waals surface area contributed by atoms with Crippen LogP contribution in [0.15, 0.2) is 11.5 Å². The van der Waals surface area contributed by atoms with Crippen LogP contribution >= 0.6 is 11.3 Å². The van der Waals surface area contributed by atoms with E-state index in [-0.39, 0.29) is 11.4 Å². The molecule has 0 spiro atoms. The summed E-state index contributed by atoms with van der Waals surface area (Å²) < 4.78 is 40.8. The molecular formula is C9H8F3NO2S. The van der Waals surface area contributed by atoms with Crippen LogP contribution in [0, 0.1) is 0 Å². The third kappa shape index (κ3) is 3.65. The Balaban J connectivity index is 2.62. The molecule has 0 bridgehead atoms. The molecule has 0 aromatic carbocycles. The average molecular weight is 251 g/mol. The fourth-order valence-corrected chi connectivity index (χ4v) is 1.58. The quantitative estimate of drug-likeness (QED) is 0.775. The second-order valence-corrected chi connectivity index (χ2v) is 3.64. The molecule has 3 nitrogen and oxygen atoms in total. The van der Waals surface area contributed by atoms with Crippen LogP contribution in [0.25, 0.3) is 6.08 Å². The van der Waals surface area contributed by atoms with Gasteiger partial charge in [0.25, 0.3) is 0 Å². The van der Waals surface area contributed by atoms with Crippen LogP contribution in [0.1, 0.15) is 17.1 Å². The summed E-state index contributed by atoms with van der Waals surface area (Å²) in [6.45, 7) is 0. The molecule has 1 aromatic rings. The van der Waals surface area contributed by atoms with E-state index in [9.17, 15) is 18.0 Å². The second kappa shape index (κ2) is 5.11. The number of nitrogens with zero attached hydrogens (tertiary/aromatic N) is 1. The van der Waals surface area contributed by atoms with Crippen molar-refractivity contribution in [2.45, 2.75) is 12.6 Å². The molecule has 1 aromatic heterocycles. The molecule has 88 valence electrons. The molecule has 0 saturated carbocycles. The van der Waals surface area contributed by atoms with Crippen molar-refractivity contribution in [2.75, 3.05) is 7.11 Å². The fraction of sp³-hybridized carbons (Fsp3) is 0.333. The summed E-state index contributed by atoms with van der Waals surface area (Å²) >= 11 is 0.866. The SMILES string of the molecule is COC(=O)CC=Cc1nc(C(F)(F)F)cs1. The van der Waals surface area contributed by atoms with Crippen LogP contribution in [-0.4, -0.2) is 18.1 Å². The monoisotopic (exact) mass is 251 g/mol. The first kappa shape index (κ1) is 12.7. The number of alkyl halides is 3. The number of esters is 1. The first-order chi connectivity index (χ1) is 7.43. The van der Waals surface area contributed by atoms with Crippen molar-refractivity contribution in [2.24, 2.45) is 0 Å². The van der Waals surface area contributed by atoms with Gasteiger partial charge < -0.3 is 4.74 Å². The molecular weight excluding hydrogens is 243 g/mol. The molecule has 0 aliphatic heterocycles. The predicted molar refractivity (Wildman–Crippen MR) is 52.8 cm³/mol. The molecule has 0 atom stereocenters.